The summed E-state index contributed by atoms with van der Waals surface area (Å²) in [5.74, 6) is -4.69. The summed E-state index contributed by atoms with van der Waals surface area (Å²) in [6.07, 6.45) is 1.30. The molecule has 0 aliphatic carbocycles. The molecule has 9 nitrogen and oxygen atoms in total. The van der Waals surface area contributed by atoms with Crippen LogP contribution in [0.4, 0.5) is 0 Å². The Morgan fingerprint density at radius 1 is 0.970 bits per heavy atom. The number of aliphatic carboxylic acids is 1. The molecule has 170 valence electrons. The van der Waals surface area contributed by atoms with Gasteiger partial charge in [0.15, 0.2) is 0 Å². The maximum atomic E-state index is 13.2. The van der Waals surface area contributed by atoms with Gasteiger partial charge in [0.25, 0.3) is 11.7 Å². The van der Waals surface area contributed by atoms with E-state index in [0.29, 0.717) is 11.1 Å². The van der Waals surface area contributed by atoms with Crippen molar-refractivity contribution in [3.05, 3.63) is 78.0 Å². The van der Waals surface area contributed by atoms with Crippen molar-refractivity contribution < 1.29 is 29.1 Å². The van der Waals surface area contributed by atoms with Crippen LogP contribution in [0.2, 0.25) is 0 Å². The van der Waals surface area contributed by atoms with Gasteiger partial charge < -0.3 is 10.0 Å². The summed E-state index contributed by atoms with van der Waals surface area (Å²) >= 11 is 0. The third-order valence-corrected chi connectivity index (χ3v) is 5.14. The maximum Gasteiger partial charge on any atom is 0.374 e. The lowest BCUT2D eigenvalue weighted by Gasteiger charge is -2.42. The summed E-state index contributed by atoms with van der Waals surface area (Å²) in [7, 11) is 0. The SMILES string of the molecule is CC(=O)N1C=C(c2ccccc2)N(N(C(C)=O)[C@@H](Cc2ccccc2)C(=O)C(=O)O)C(=O)C1. The van der Waals surface area contributed by atoms with Crippen molar-refractivity contribution in [3.63, 3.8) is 0 Å². The Kier molecular flexibility index (Phi) is 7.02. The van der Waals surface area contributed by atoms with Crippen molar-refractivity contribution in [1.82, 2.24) is 14.9 Å². The Hall–Kier alpha value is -4.27. The molecule has 2 aromatic rings. The molecule has 33 heavy (non-hydrogen) atoms. The van der Waals surface area contributed by atoms with Crippen LogP contribution < -0.4 is 0 Å². The molecular formula is C24H23N3O6. The van der Waals surface area contributed by atoms with Gasteiger partial charge in [-0.3, -0.25) is 19.2 Å². The van der Waals surface area contributed by atoms with E-state index < -0.39 is 29.6 Å². The first kappa shape index (κ1) is 23.4. The predicted molar refractivity (Wildman–Crippen MR) is 118 cm³/mol. The summed E-state index contributed by atoms with van der Waals surface area (Å²) in [6, 6.07) is 15.7. The minimum Gasteiger partial charge on any atom is -0.475 e. The minimum absolute atomic E-state index is 0.117. The average Bonchev–Trinajstić information content (AvgIpc) is 2.79. The number of ketones is 1. The number of carboxylic acid groups (broad SMARTS) is 1. The van der Waals surface area contributed by atoms with Crippen LogP contribution in [0.3, 0.4) is 0 Å². The number of benzene rings is 2. The van der Waals surface area contributed by atoms with E-state index >= 15 is 0 Å². The Morgan fingerprint density at radius 3 is 2.06 bits per heavy atom. The number of rotatable bonds is 7. The number of amides is 3. The third kappa shape index (κ3) is 5.15. The van der Waals surface area contributed by atoms with Crippen molar-refractivity contribution in [1.29, 1.82) is 0 Å². The summed E-state index contributed by atoms with van der Waals surface area (Å²) < 4.78 is 0. The quantitative estimate of drug-likeness (QED) is 0.644. The van der Waals surface area contributed by atoms with Crippen LogP contribution in [0, 0.1) is 0 Å². The average molecular weight is 449 g/mol. The summed E-state index contributed by atoms with van der Waals surface area (Å²) in [6.45, 7) is 2.09. The molecule has 2 aromatic carbocycles. The first-order valence-electron chi connectivity index (χ1n) is 10.2. The number of Topliss-reactive ketones (excluding diaryl/α,β-unsaturated/α-hetero) is 1. The van der Waals surface area contributed by atoms with E-state index in [1.807, 2.05) is 0 Å². The molecule has 0 fully saturated rings. The molecule has 0 spiro atoms. The van der Waals surface area contributed by atoms with Gasteiger partial charge in [0.1, 0.15) is 12.6 Å². The van der Waals surface area contributed by atoms with Crippen LogP contribution in [-0.2, 0) is 30.4 Å². The largest absolute Gasteiger partial charge is 0.475 e. The minimum atomic E-state index is -1.72. The fraction of sp³-hybridized carbons (Fsp3) is 0.208. The Bertz CT molecular complexity index is 1110. The molecule has 3 rings (SSSR count). The van der Waals surface area contributed by atoms with Gasteiger partial charge in [-0.05, 0) is 5.56 Å². The third-order valence-electron chi connectivity index (χ3n) is 5.14. The van der Waals surface area contributed by atoms with Gasteiger partial charge in [0, 0.05) is 32.0 Å². The highest BCUT2D eigenvalue weighted by atomic mass is 16.4. The molecule has 9 heteroatoms. The molecule has 3 amide bonds. The topological polar surface area (TPSA) is 115 Å². The molecule has 0 bridgehead atoms. The van der Waals surface area contributed by atoms with E-state index in [9.17, 15) is 29.1 Å². The zero-order valence-corrected chi connectivity index (χ0v) is 18.2. The fourth-order valence-electron chi connectivity index (χ4n) is 3.61. The van der Waals surface area contributed by atoms with Crippen LogP contribution >= 0.6 is 0 Å². The van der Waals surface area contributed by atoms with Crippen molar-refractivity contribution in [2.24, 2.45) is 0 Å². The highest BCUT2D eigenvalue weighted by Gasteiger charge is 2.42. The number of hydrogen-bond acceptors (Lipinski definition) is 5. The normalized spacial score (nSPS) is 14.4. The van der Waals surface area contributed by atoms with E-state index in [2.05, 4.69) is 0 Å². The number of carbonyl (C=O) groups excluding carboxylic acids is 4. The van der Waals surface area contributed by atoms with Gasteiger partial charge in [-0.1, -0.05) is 60.7 Å². The number of nitrogens with zero attached hydrogens (tertiary/aromatic N) is 3. The molecule has 1 N–H and O–H groups in total. The lowest BCUT2D eigenvalue weighted by Crippen LogP contribution is -2.60. The lowest BCUT2D eigenvalue weighted by atomic mass is 10.0. The molecule has 0 saturated heterocycles. The zero-order valence-electron chi connectivity index (χ0n) is 18.2. The van der Waals surface area contributed by atoms with Gasteiger partial charge in [-0.2, -0.15) is 0 Å². The second-order valence-corrected chi connectivity index (χ2v) is 7.47. The van der Waals surface area contributed by atoms with Crippen LogP contribution in [0.25, 0.3) is 5.70 Å². The lowest BCUT2D eigenvalue weighted by molar-refractivity contribution is -0.167. The van der Waals surface area contributed by atoms with E-state index in [-0.39, 0.29) is 24.6 Å². The first-order chi connectivity index (χ1) is 15.7. The van der Waals surface area contributed by atoms with Crippen LogP contribution in [0.5, 0.6) is 0 Å². The second-order valence-electron chi connectivity index (χ2n) is 7.47. The van der Waals surface area contributed by atoms with Gasteiger partial charge in [-0.15, -0.1) is 0 Å². The fourth-order valence-corrected chi connectivity index (χ4v) is 3.61. The number of carbonyl (C=O) groups is 5. The van der Waals surface area contributed by atoms with Crippen LogP contribution in [-0.4, -0.2) is 62.1 Å². The highest BCUT2D eigenvalue weighted by molar-refractivity contribution is 6.35. The second kappa shape index (κ2) is 9.90. The van der Waals surface area contributed by atoms with E-state index in [1.54, 1.807) is 60.7 Å². The molecule has 0 saturated carbocycles. The monoisotopic (exact) mass is 449 g/mol. The molecule has 1 heterocycles. The van der Waals surface area contributed by atoms with Crippen molar-refractivity contribution >= 4 is 35.2 Å². The van der Waals surface area contributed by atoms with E-state index in [4.69, 9.17) is 0 Å². The molecule has 0 aromatic heterocycles. The summed E-state index contributed by atoms with van der Waals surface area (Å²) in [5.41, 5.74) is 1.29. The number of carboxylic acids is 1. The van der Waals surface area contributed by atoms with Gasteiger partial charge >= 0.3 is 5.97 Å². The maximum absolute atomic E-state index is 13.2. The van der Waals surface area contributed by atoms with Crippen LogP contribution in [0.15, 0.2) is 66.9 Å². The molecule has 0 radical (unpaired) electrons. The van der Waals surface area contributed by atoms with E-state index in [1.165, 1.54) is 18.0 Å². The summed E-state index contributed by atoms with van der Waals surface area (Å²) in [4.78, 5) is 63.6. The van der Waals surface area contributed by atoms with Crippen molar-refractivity contribution in [2.75, 3.05) is 6.54 Å². The highest BCUT2D eigenvalue weighted by Crippen LogP contribution is 2.28. The van der Waals surface area contributed by atoms with Gasteiger partial charge in [0.05, 0.1) is 5.70 Å². The van der Waals surface area contributed by atoms with Crippen molar-refractivity contribution in [2.45, 2.75) is 26.3 Å². The Labute approximate surface area is 190 Å². The smallest absolute Gasteiger partial charge is 0.374 e. The molecular weight excluding hydrogens is 426 g/mol. The summed E-state index contributed by atoms with van der Waals surface area (Å²) in [5, 5.41) is 11.3. The van der Waals surface area contributed by atoms with Crippen molar-refractivity contribution in [3.8, 4) is 0 Å². The number of hydrazine groups is 1. The first-order valence-corrected chi connectivity index (χ1v) is 10.2. The Balaban J connectivity index is 2.16. The number of hydrogen-bond donors (Lipinski definition) is 1. The molecule has 1 aliphatic rings. The standard InChI is InChI=1S/C24H23N3O6/c1-16(28)25-14-21(19-11-7-4-8-12-19)27(22(30)15-25)26(17(2)29)20(23(31)24(32)33)13-18-9-5-3-6-10-18/h3-12,14,20H,13,15H2,1-2H3,(H,32,33)/t20-/m0/s1. The van der Waals surface area contributed by atoms with Gasteiger partial charge in [-0.25, -0.2) is 14.8 Å². The van der Waals surface area contributed by atoms with Crippen LogP contribution in [0.1, 0.15) is 25.0 Å². The zero-order chi connectivity index (χ0) is 24.1. The Morgan fingerprint density at radius 2 is 1.55 bits per heavy atom. The molecule has 1 atom stereocenters. The molecule has 1 aliphatic heterocycles. The predicted octanol–water partition coefficient (Wildman–Crippen LogP) is 1.70. The van der Waals surface area contributed by atoms with E-state index in [0.717, 1.165) is 16.9 Å². The van der Waals surface area contributed by atoms with Gasteiger partial charge in [0.2, 0.25) is 11.8 Å². The molecule has 0 unspecified atom stereocenters.